The fourth-order valence-corrected chi connectivity index (χ4v) is 1.80. The standard InChI is InChI=1S/C12H18N2O/c13-11-5-3-10(4-6-11)8-14-12-2-1-7-15-9-12/h3-6,12,14H,1-2,7-9,13H2. The van der Waals surface area contributed by atoms with Gasteiger partial charge in [0.15, 0.2) is 0 Å². The molecule has 1 aliphatic heterocycles. The molecule has 15 heavy (non-hydrogen) atoms. The minimum absolute atomic E-state index is 0.510. The third kappa shape index (κ3) is 3.22. The maximum atomic E-state index is 5.63. The van der Waals surface area contributed by atoms with Crippen molar-refractivity contribution in [2.24, 2.45) is 0 Å². The van der Waals surface area contributed by atoms with Crippen LogP contribution < -0.4 is 11.1 Å². The van der Waals surface area contributed by atoms with E-state index in [1.807, 2.05) is 12.1 Å². The van der Waals surface area contributed by atoms with E-state index < -0.39 is 0 Å². The maximum absolute atomic E-state index is 5.63. The largest absolute Gasteiger partial charge is 0.399 e. The first-order chi connectivity index (χ1) is 7.34. The molecule has 3 N–H and O–H groups in total. The van der Waals surface area contributed by atoms with E-state index in [0.29, 0.717) is 6.04 Å². The summed E-state index contributed by atoms with van der Waals surface area (Å²) in [5, 5.41) is 3.49. The summed E-state index contributed by atoms with van der Waals surface area (Å²) in [5.74, 6) is 0. The molecular weight excluding hydrogens is 188 g/mol. The van der Waals surface area contributed by atoms with Crippen LogP contribution in [0.1, 0.15) is 18.4 Å². The number of nitrogens with one attached hydrogen (secondary N) is 1. The number of nitrogen functional groups attached to an aromatic ring is 1. The second-order valence-corrected chi connectivity index (χ2v) is 4.04. The summed E-state index contributed by atoms with van der Waals surface area (Å²) < 4.78 is 5.41. The van der Waals surface area contributed by atoms with Crippen LogP contribution in [0.15, 0.2) is 24.3 Å². The zero-order valence-electron chi connectivity index (χ0n) is 8.91. The Hall–Kier alpha value is -1.06. The quantitative estimate of drug-likeness (QED) is 0.737. The van der Waals surface area contributed by atoms with E-state index in [0.717, 1.165) is 25.4 Å². The number of ether oxygens (including phenoxy) is 1. The van der Waals surface area contributed by atoms with Crippen LogP contribution in [0, 0.1) is 0 Å². The highest BCUT2D eigenvalue weighted by atomic mass is 16.5. The molecule has 0 bridgehead atoms. The van der Waals surface area contributed by atoms with Crippen molar-refractivity contribution in [2.45, 2.75) is 25.4 Å². The number of rotatable bonds is 3. The van der Waals surface area contributed by atoms with E-state index >= 15 is 0 Å². The molecule has 1 heterocycles. The molecule has 1 aromatic carbocycles. The molecule has 0 aliphatic carbocycles. The van der Waals surface area contributed by atoms with Crippen LogP contribution in [0.2, 0.25) is 0 Å². The summed E-state index contributed by atoms with van der Waals surface area (Å²) >= 11 is 0. The number of hydrogen-bond donors (Lipinski definition) is 2. The zero-order chi connectivity index (χ0) is 10.5. The lowest BCUT2D eigenvalue weighted by Crippen LogP contribution is -2.36. The molecule has 0 amide bonds. The van der Waals surface area contributed by atoms with E-state index in [1.165, 1.54) is 18.4 Å². The van der Waals surface area contributed by atoms with Gasteiger partial charge in [0.05, 0.1) is 6.61 Å². The monoisotopic (exact) mass is 206 g/mol. The van der Waals surface area contributed by atoms with Crippen LogP contribution >= 0.6 is 0 Å². The molecule has 0 aromatic heterocycles. The van der Waals surface area contributed by atoms with Crippen molar-refractivity contribution in [2.75, 3.05) is 18.9 Å². The average molecular weight is 206 g/mol. The minimum atomic E-state index is 0.510. The van der Waals surface area contributed by atoms with E-state index in [9.17, 15) is 0 Å². The Labute approximate surface area is 90.6 Å². The zero-order valence-corrected chi connectivity index (χ0v) is 8.91. The molecule has 3 nitrogen and oxygen atoms in total. The molecule has 1 atom stereocenters. The van der Waals surface area contributed by atoms with Gasteiger partial charge in [-0.1, -0.05) is 12.1 Å². The highest BCUT2D eigenvalue weighted by Gasteiger charge is 2.12. The van der Waals surface area contributed by atoms with Gasteiger partial charge >= 0.3 is 0 Å². The van der Waals surface area contributed by atoms with Crippen molar-refractivity contribution in [3.63, 3.8) is 0 Å². The average Bonchev–Trinajstić information content (AvgIpc) is 2.30. The van der Waals surface area contributed by atoms with E-state index in [4.69, 9.17) is 10.5 Å². The first-order valence-corrected chi connectivity index (χ1v) is 5.50. The van der Waals surface area contributed by atoms with Crippen LogP contribution in [-0.4, -0.2) is 19.3 Å². The van der Waals surface area contributed by atoms with Crippen LogP contribution in [0.3, 0.4) is 0 Å². The van der Waals surface area contributed by atoms with Crippen LogP contribution in [-0.2, 0) is 11.3 Å². The summed E-state index contributed by atoms with van der Waals surface area (Å²) in [6, 6.07) is 8.51. The SMILES string of the molecule is Nc1ccc(CNC2CCCOC2)cc1. The number of benzene rings is 1. The number of nitrogens with two attached hydrogens (primary N) is 1. The number of anilines is 1. The summed E-state index contributed by atoms with van der Waals surface area (Å²) in [5.41, 5.74) is 7.72. The summed E-state index contributed by atoms with van der Waals surface area (Å²) in [7, 11) is 0. The van der Waals surface area contributed by atoms with E-state index in [2.05, 4.69) is 17.4 Å². The van der Waals surface area contributed by atoms with Gasteiger partial charge in [-0.2, -0.15) is 0 Å². The predicted molar refractivity (Wildman–Crippen MR) is 61.5 cm³/mol. The van der Waals surface area contributed by atoms with Crippen molar-refractivity contribution in [1.82, 2.24) is 5.32 Å². The Morgan fingerprint density at radius 3 is 2.80 bits per heavy atom. The Morgan fingerprint density at radius 1 is 1.33 bits per heavy atom. The van der Waals surface area contributed by atoms with Gasteiger partial charge in [-0.3, -0.25) is 0 Å². The van der Waals surface area contributed by atoms with Crippen LogP contribution in [0.25, 0.3) is 0 Å². The van der Waals surface area contributed by atoms with Crippen LogP contribution in [0.4, 0.5) is 5.69 Å². The van der Waals surface area contributed by atoms with Gasteiger partial charge in [0.25, 0.3) is 0 Å². The summed E-state index contributed by atoms with van der Waals surface area (Å²) in [4.78, 5) is 0. The molecule has 1 saturated heterocycles. The molecular formula is C12H18N2O. The lowest BCUT2D eigenvalue weighted by atomic mass is 10.1. The number of hydrogen-bond acceptors (Lipinski definition) is 3. The molecule has 1 fully saturated rings. The molecule has 1 unspecified atom stereocenters. The highest BCUT2D eigenvalue weighted by Crippen LogP contribution is 2.08. The van der Waals surface area contributed by atoms with Gasteiger partial charge in [-0.05, 0) is 30.5 Å². The van der Waals surface area contributed by atoms with E-state index in [1.54, 1.807) is 0 Å². The molecule has 82 valence electrons. The molecule has 1 aliphatic rings. The maximum Gasteiger partial charge on any atom is 0.0619 e. The lowest BCUT2D eigenvalue weighted by Gasteiger charge is -2.23. The Balaban J connectivity index is 1.79. The normalized spacial score (nSPS) is 21.5. The molecule has 0 spiro atoms. The minimum Gasteiger partial charge on any atom is -0.399 e. The van der Waals surface area contributed by atoms with Crippen molar-refractivity contribution in [3.8, 4) is 0 Å². The topological polar surface area (TPSA) is 47.3 Å². The van der Waals surface area contributed by atoms with Gasteiger partial charge in [0.2, 0.25) is 0 Å². The molecule has 0 saturated carbocycles. The molecule has 1 aromatic rings. The van der Waals surface area contributed by atoms with Gasteiger partial charge < -0.3 is 15.8 Å². The first-order valence-electron chi connectivity index (χ1n) is 5.50. The highest BCUT2D eigenvalue weighted by molar-refractivity contribution is 5.39. The molecule has 0 radical (unpaired) electrons. The third-order valence-electron chi connectivity index (χ3n) is 2.73. The fourth-order valence-electron chi connectivity index (χ4n) is 1.80. The van der Waals surface area contributed by atoms with Crippen molar-refractivity contribution < 1.29 is 4.74 Å². The second kappa shape index (κ2) is 5.14. The Morgan fingerprint density at radius 2 is 2.13 bits per heavy atom. The first kappa shape index (κ1) is 10.5. The Bertz CT molecular complexity index is 291. The predicted octanol–water partition coefficient (Wildman–Crippen LogP) is 1.54. The summed E-state index contributed by atoms with van der Waals surface area (Å²) in [6.45, 7) is 2.66. The van der Waals surface area contributed by atoms with Crippen molar-refractivity contribution >= 4 is 5.69 Å². The third-order valence-corrected chi connectivity index (χ3v) is 2.73. The second-order valence-electron chi connectivity index (χ2n) is 4.04. The Kier molecular flexibility index (Phi) is 3.59. The smallest absolute Gasteiger partial charge is 0.0619 e. The summed E-state index contributed by atoms with van der Waals surface area (Å²) in [6.07, 6.45) is 2.38. The van der Waals surface area contributed by atoms with Crippen molar-refractivity contribution in [1.29, 1.82) is 0 Å². The van der Waals surface area contributed by atoms with E-state index in [-0.39, 0.29) is 0 Å². The van der Waals surface area contributed by atoms with Gasteiger partial charge in [-0.15, -0.1) is 0 Å². The lowest BCUT2D eigenvalue weighted by molar-refractivity contribution is 0.0699. The molecule has 2 rings (SSSR count). The fraction of sp³-hybridized carbons (Fsp3) is 0.500. The molecule has 3 heteroatoms. The van der Waals surface area contributed by atoms with Gasteiger partial charge in [-0.25, -0.2) is 0 Å². The van der Waals surface area contributed by atoms with Gasteiger partial charge in [0.1, 0.15) is 0 Å². The van der Waals surface area contributed by atoms with Crippen LogP contribution in [0.5, 0.6) is 0 Å². The van der Waals surface area contributed by atoms with Crippen molar-refractivity contribution in [3.05, 3.63) is 29.8 Å². The van der Waals surface area contributed by atoms with Gasteiger partial charge in [0, 0.05) is 24.9 Å².